The number of carbonyl (C=O) groups excluding carboxylic acids is 3. The molecule has 3 rings (SSSR count). The molecule has 1 unspecified atom stereocenters. The molecule has 9 nitrogen and oxygen atoms in total. The molecule has 1 aliphatic heterocycles. The Morgan fingerprint density at radius 2 is 1.72 bits per heavy atom. The van der Waals surface area contributed by atoms with Gasteiger partial charge in [-0.05, 0) is 37.8 Å². The number of rotatable bonds is 5. The zero-order valence-electron chi connectivity index (χ0n) is 18.3. The number of ketones is 2. The Hall–Kier alpha value is -1.90. The molecule has 0 bridgehead atoms. The number of carbonyl (C=O) groups is 3. The van der Waals surface area contributed by atoms with Crippen LogP contribution in [0.1, 0.15) is 44.6 Å². The van der Waals surface area contributed by atoms with Crippen LogP contribution in [0.15, 0.2) is 36.1 Å². The van der Waals surface area contributed by atoms with Crippen LogP contribution < -0.4 is 16.2 Å². The van der Waals surface area contributed by atoms with Crippen LogP contribution in [0.5, 0.6) is 5.75 Å². The van der Waals surface area contributed by atoms with Gasteiger partial charge in [0.25, 0.3) is 0 Å². The molecule has 0 aromatic heterocycles. The van der Waals surface area contributed by atoms with Gasteiger partial charge in [-0.25, -0.2) is 0 Å². The standard InChI is InChI=1S/C16H16O5.C6H14N2.2H2O.Pt/c1-10-9-13(18)15(16(19)21-10)12(17)8-7-11-5-3-4-6-14(11)20-2;7-5-3-1-2-4-6(5)8;;;/h3-6,9,15H,7-8H2,1-2H3;5-6H,1-4,7-8H2;2*1H2;/q;;;;+1/p-1/t;5-,6-;;;/m.1.../s1. The summed E-state index contributed by atoms with van der Waals surface area (Å²) in [6, 6.07) is 7.88. The third kappa shape index (κ3) is 9.30. The minimum atomic E-state index is -1.33. The summed E-state index contributed by atoms with van der Waals surface area (Å²) in [6.45, 7) is 1.51. The van der Waals surface area contributed by atoms with Gasteiger partial charge in [-0.1, -0.05) is 31.0 Å². The maximum atomic E-state index is 12.1. The van der Waals surface area contributed by atoms with Gasteiger partial charge in [-0.2, -0.15) is 0 Å². The Morgan fingerprint density at radius 1 is 1.16 bits per heavy atom. The molecule has 1 heterocycles. The van der Waals surface area contributed by atoms with E-state index in [1.54, 1.807) is 13.2 Å². The van der Waals surface area contributed by atoms with Gasteiger partial charge in [0.2, 0.25) is 0 Å². The molecule has 0 spiro atoms. The Kier molecular flexibility index (Phi) is 14.9. The second-order valence-electron chi connectivity index (χ2n) is 7.40. The summed E-state index contributed by atoms with van der Waals surface area (Å²) >= 11 is 1.14. The Morgan fingerprint density at radius 3 is 2.22 bits per heavy atom. The Balaban J connectivity index is 0.000000734. The first kappa shape index (κ1) is 30.1. The van der Waals surface area contributed by atoms with Crippen molar-refractivity contribution in [2.75, 3.05) is 7.11 Å². The van der Waals surface area contributed by atoms with Crippen molar-refractivity contribution in [2.45, 2.75) is 57.5 Å². The molecule has 1 saturated carbocycles. The molecule has 1 aromatic carbocycles. The molecule has 0 amide bonds. The average molecular weight is 633 g/mol. The number of Topliss-reactive ketones (excluding diaryl/α,β-unsaturated/α-hetero) is 1. The van der Waals surface area contributed by atoms with Gasteiger partial charge in [0.05, 0.1) is 7.11 Å². The van der Waals surface area contributed by atoms with Crippen molar-refractivity contribution in [2.24, 2.45) is 17.4 Å². The van der Waals surface area contributed by atoms with Gasteiger partial charge in [0.15, 0.2) is 17.5 Å². The van der Waals surface area contributed by atoms with Crippen LogP contribution in [-0.4, -0.2) is 46.0 Å². The second-order valence-corrected chi connectivity index (χ2v) is 7.40. The summed E-state index contributed by atoms with van der Waals surface area (Å²) < 4.78 is 17.0. The van der Waals surface area contributed by atoms with Gasteiger partial charge in [-0.3, -0.25) is 14.4 Å². The molecular formula is C22H33N2O7Pt. The monoisotopic (exact) mass is 632 g/mol. The Bertz CT molecular complexity index is 775. The third-order valence-corrected chi connectivity index (χ3v) is 5.16. The second kappa shape index (κ2) is 15.8. The van der Waals surface area contributed by atoms with Gasteiger partial charge in [0.1, 0.15) is 11.5 Å². The first-order valence-corrected chi connectivity index (χ1v) is 11.1. The molecule has 1 fully saturated rings. The molecule has 7 N–H and O–H groups in total. The summed E-state index contributed by atoms with van der Waals surface area (Å²) in [5.41, 5.74) is 12.2. The van der Waals surface area contributed by atoms with Crippen LogP contribution in [-0.2, 0) is 45.7 Å². The first-order valence-electron chi connectivity index (χ1n) is 10.1. The predicted octanol–water partition coefficient (Wildman–Crippen LogP) is 0.674. The fourth-order valence-electron chi connectivity index (χ4n) is 3.44. The number of cyclic esters (lactones) is 1. The number of nitrogens with two attached hydrogens (primary N) is 2. The van der Waals surface area contributed by atoms with Crippen molar-refractivity contribution < 1.29 is 53.3 Å². The van der Waals surface area contributed by atoms with E-state index in [1.165, 1.54) is 25.8 Å². The number of ether oxygens (including phenoxy) is 2. The maximum absolute atomic E-state index is 12.1. The van der Waals surface area contributed by atoms with Gasteiger partial charge in [-0.15, -0.1) is 0 Å². The summed E-state index contributed by atoms with van der Waals surface area (Å²) in [5, 5.41) is 0. The summed E-state index contributed by atoms with van der Waals surface area (Å²) in [6.07, 6.45) is 6.47. The molecule has 2 aliphatic rings. The van der Waals surface area contributed by atoms with Crippen LogP contribution in [0.4, 0.5) is 0 Å². The van der Waals surface area contributed by atoms with Crippen molar-refractivity contribution >= 4 is 17.5 Å². The van der Waals surface area contributed by atoms with Crippen LogP contribution in [0.25, 0.3) is 0 Å². The summed E-state index contributed by atoms with van der Waals surface area (Å²) in [4.78, 5) is 35.5. The molecule has 183 valence electrons. The van der Waals surface area contributed by atoms with Gasteiger partial charge < -0.3 is 26.4 Å². The molecule has 1 aliphatic carbocycles. The van der Waals surface area contributed by atoms with Gasteiger partial charge in [0, 0.05) is 24.6 Å². The molecule has 10 heteroatoms. The molecule has 0 radical (unpaired) electrons. The molecule has 3 atom stereocenters. The van der Waals surface area contributed by atoms with Crippen LogP contribution in [0.2, 0.25) is 0 Å². The van der Waals surface area contributed by atoms with E-state index in [4.69, 9.17) is 24.7 Å². The van der Waals surface area contributed by atoms with E-state index in [9.17, 15) is 14.4 Å². The van der Waals surface area contributed by atoms with Crippen molar-refractivity contribution in [1.29, 1.82) is 0 Å². The third-order valence-electron chi connectivity index (χ3n) is 5.16. The molecule has 0 saturated heterocycles. The van der Waals surface area contributed by atoms with Crippen LogP contribution >= 0.6 is 0 Å². The topological polar surface area (TPSA) is 173 Å². The number of benzene rings is 1. The zero-order valence-corrected chi connectivity index (χ0v) is 20.6. The van der Waals surface area contributed by atoms with Gasteiger partial charge >= 0.3 is 29.9 Å². The number of hydrogen-bond donors (Lipinski definition) is 3. The number of methoxy groups -OCH3 is 1. The van der Waals surface area contributed by atoms with E-state index >= 15 is 0 Å². The summed E-state index contributed by atoms with van der Waals surface area (Å²) in [7, 11) is 1.55. The van der Waals surface area contributed by atoms with Crippen LogP contribution in [0, 0.1) is 5.92 Å². The average Bonchev–Trinajstić information content (AvgIpc) is 2.75. The Labute approximate surface area is 200 Å². The van der Waals surface area contributed by atoms with E-state index in [0.29, 0.717) is 12.2 Å². The minimum absolute atomic E-state index is 0. The van der Waals surface area contributed by atoms with Crippen molar-refractivity contribution in [3.05, 3.63) is 41.7 Å². The SMILES string of the molecule is COc1ccccc1CCC(=O)C1C(=O)C=C(C)OC1=O.N[C@@H]1CCCC[C@H]1N.O.[OH][Pt]. The van der Waals surface area contributed by atoms with Crippen LogP contribution in [0.3, 0.4) is 0 Å². The molecular weight excluding hydrogens is 599 g/mol. The van der Waals surface area contributed by atoms with E-state index in [2.05, 4.69) is 0 Å². The first-order chi connectivity index (χ1) is 14.8. The van der Waals surface area contributed by atoms with Crippen molar-refractivity contribution in [3.63, 3.8) is 0 Å². The quantitative estimate of drug-likeness (QED) is 0.314. The fourth-order valence-corrected chi connectivity index (χ4v) is 3.44. The number of para-hydroxylation sites is 1. The fraction of sp³-hybridized carbons (Fsp3) is 0.500. The van der Waals surface area contributed by atoms with E-state index < -0.39 is 23.5 Å². The van der Waals surface area contributed by atoms with E-state index in [0.717, 1.165) is 38.6 Å². The predicted molar refractivity (Wildman–Crippen MR) is 115 cm³/mol. The molecule has 1 aromatic rings. The number of esters is 1. The number of allylic oxidation sites excluding steroid dienone is 2. The van der Waals surface area contributed by atoms with Crippen molar-refractivity contribution in [3.8, 4) is 5.75 Å². The summed E-state index contributed by atoms with van der Waals surface area (Å²) in [5.74, 6) is -2.15. The number of hydrogen-bond acceptors (Lipinski definition) is 8. The van der Waals surface area contributed by atoms with E-state index in [1.807, 2.05) is 18.2 Å². The van der Waals surface area contributed by atoms with Crippen molar-refractivity contribution in [1.82, 2.24) is 0 Å². The zero-order chi connectivity index (χ0) is 23.4. The van der Waals surface area contributed by atoms with E-state index in [-0.39, 0.29) is 29.7 Å². The number of aryl methyl sites for hydroxylation is 1. The normalized spacial score (nSPS) is 22.0. The molecule has 32 heavy (non-hydrogen) atoms.